The van der Waals surface area contributed by atoms with E-state index in [1.165, 1.54) is 4.52 Å². The minimum atomic E-state index is -4.50. The van der Waals surface area contributed by atoms with Gasteiger partial charge >= 0.3 is 6.18 Å². The first kappa shape index (κ1) is 19.2. The number of pyridine rings is 1. The van der Waals surface area contributed by atoms with Crippen molar-refractivity contribution in [2.45, 2.75) is 38.8 Å². The summed E-state index contributed by atoms with van der Waals surface area (Å²) in [5.41, 5.74) is -0.422. The summed E-state index contributed by atoms with van der Waals surface area (Å²) in [4.78, 5) is 10.9. The molecule has 0 unspecified atom stereocenters. The van der Waals surface area contributed by atoms with Crippen LogP contribution in [0.3, 0.4) is 0 Å². The van der Waals surface area contributed by atoms with E-state index in [-0.39, 0.29) is 5.65 Å². The van der Waals surface area contributed by atoms with Crippen molar-refractivity contribution in [3.05, 3.63) is 33.4 Å². The minimum Gasteiger partial charge on any atom is -0.340 e. The molecule has 0 bridgehead atoms. The zero-order valence-corrected chi connectivity index (χ0v) is 17.0. The third kappa shape index (κ3) is 3.47. The highest BCUT2D eigenvalue weighted by atomic mass is 79.9. The topological polar surface area (TPSA) is 64.1 Å². The molecular formula is C17H19BrF3N7. The zero-order valence-electron chi connectivity index (χ0n) is 15.5. The Kier molecular flexibility index (Phi) is 4.80. The van der Waals surface area contributed by atoms with E-state index >= 15 is 0 Å². The lowest BCUT2D eigenvalue weighted by molar-refractivity contribution is -0.136. The van der Waals surface area contributed by atoms with Crippen LogP contribution in [0, 0.1) is 6.92 Å². The van der Waals surface area contributed by atoms with Crippen molar-refractivity contribution in [1.29, 1.82) is 0 Å². The largest absolute Gasteiger partial charge is 0.420 e. The number of anilines is 1. The molecule has 3 aromatic rings. The lowest BCUT2D eigenvalue weighted by atomic mass is 10.2. The van der Waals surface area contributed by atoms with Gasteiger partial charge in [-0.25, -0.2) is 9.50 Å². The number of halogens is 4. The van der Waals surface area contributed by atoms with Crippen molar-refractivity contribution in [1.82, 2.24) is 29.4 Å². The van der Waals surface area contributed by atoms with Gasteiger partial charge in [0.1, 0.15) is 11.4 Å². The van der Waals surface area contributed by atoms with E-state index in [0.29, 0.717) is 34.8 Å². The van der Waals surface area contributed by atoms with E-state index in [1.807, 2.05) is 7.05 Å². The summed E-state index contributed by atoms with van der Waals surface area (Å²) in [6, 6.07) is 1.05. The maximum absolute atomic E-state index is 13.4. The number of hydrogen-bond donors (Lipinski definition) is 0. The SMILES string of the molecule is Cc1c(Br)cc(C(F)(F)F)c2nc(CCc3nc(N4CCCC4)nn3C)nn12. The average molecular weight is 458 g/mol. The van der Waals surface area contributed by atoms with E-state index in [2.05, 4.69) is 41.0 Å². The third-order valence-corrected chi connectivity index (χ3v) is 5.74. The van der Waals surface area contributed by atoms with Gasteiger partial charge in [0, 0.05) is 37.5 Å². The van der Waals surface area contributed by atoms with Crippen molar-refractivity contribution in [2.24, 2.45) is 7.05 Å². The molecule has 0 saturated carbocycles. The van der Waals surface area contributed by atoms with Gasteiger partial charge in [-0.3, -0.25) is 4.68 Å². The molecule has 4 heterocycles. The predicted molar refractivity (Wildman–Crippen MR) is 100 cm³/mol. The summed E-state index contributed by atoms with van der Waals surface area (Å²) in [7, 11) is 1.82. The first-order valence-electron chi connectivity index (χ1n) is 9.01. The summed E-state index contributed by atoms with van der Waals surface area (Å²) in [5.74, 6) is 1.81. The number of nitrogens with zero attached hydrogens (tertiary/aromatic N) is 7. The Balaban J connectivity index is 1.60. The monoisotopic (exact) mass is 457 g/mol. The van der Waals surface area contributed by atoms with Crippen LogP contribution in [0.5, 0.6) is 0 Å². The number of rotatable bonds is 4. The molecule has 1 aliphatic rings. The second kappa shape index (κ2) is 7.02. The van der Waals surface area contributed by atoms with E-state index in [0.717, 1.165) is 37.8 Å². The lowest BCUT2D eigenvalue weighted by Gasteiger charge is -2.10. The molecular weight excluding hydrogens is 439 g/mol. The van der Waals surface area contributed by atoms with Crippen molar-refractivity contribution in [2.75, 3.05) is 18.0 Å². The predicted octanol–water partition coefficient (Wildman–Crippen LogP) is 3.33. The molecule has 0 radical (unpaired) electrons. The van der Waals surface area contributed by atoms with Crippen molar-refractivity contribution >= 4 is 27.5 Å². The number of fused-ring (bicyclic) bond motifs is 1. The van der Waals surface area contributed by atoms with E-state index in [9.17, 15) is 13.2 Å². The van der Waals surface area contributed by atoms with Crippen molar-refractivity contribution < 1.29 is 13.2 Å². The number of aryl methyl sites for hydroxylation is 4. The van der Waals surface area contributed by atoms with Crippen LogP contribution in [0.4, 0.5) is 19.1 Å². The molecule has 0 aromatic carbocycles. The van der Waals surface area contributed by atoms with Crippen LogP contribution in [0.1, 0.15) is 35.7 Å². The Bertz CT molecular complexity index is 1020. The maximum atomic E-state index is 13.4. The van der Waals surface area contributed by atoms with Gasteiger partial charge in [0.05, 0.1) is 5.69 Å². The molecule has 28 heavy (non-hydrogen) atoms. The highest BCUT2D eigenvalue weighted by molar-refractivity contribution is 9.10. The first-order chi connectivity index (χ1) is 13.2. The van der Waals surface area contributed by atoms with Gasteiger partial charge in [0.2, 0.25) is 5.95 Å². The molecule has 4 rings (SSSR count). The number of alkyl halides is 3. The molecule has 0 atom stereocenters. The van der Waals surface area contributed by atoms with Crippen molar-refractivity contribution in [3.8, 4) is 0 Å². The molecule has 1 saturated heterocycles. The number of aromatic nitrogens is 6. The second-order valence-electron chi connectivity index (χ2n) is 6.90. The molecule has 1 aliphatic heterocycles. The summed E-state index contributed by atoms with van der Waals surface area (Å²) >= 11 is 3.17. The van der Waals surface area contributed by atoms with Gasteiger partial charge in [0.15, 0.2) is 11.5 Å². The van der Waals surface area contributed by atoms with Crippen LogP contribution >= 0.6 is 15.9 Å². The molecule has 3 aromatic heterocycles. The molecule has 11 heteroatoms. The van der Waals surface area contributed by atoms with Gasteiger partial charge in [-0.05, 0) is 41.8 Å². The van der Waals surface area contributed by atoms with E-state index in [4.69, 9.17) is 0 Å². The summed E-state index contributed by atoms with van der Waals surface area (Å²) in [5, 5.41) is 8.73. The van der Waals surface area contributed by atoms with Gasteiger partial charge in [-0.1, -0.05) is 0 Å². The quantitative estimate of drug-likeness (QED) is 0.601. The number of hydrogen-bond acceptors (Lipinski definition) is 5. The molecule has 1 fully saturated rings. The maximum Gasteiger partial charge on any atom is 0.420 e. The van der Waals surface area contributed by atoms with Crippen LogP contribution in [0.15, 0.2) is 10.5 Å². The summed E-state index contributed by atoms with van der Waals surface area (Å²) in [6.07, 6.45) is -1.36. The fraction of sp³-hybridized carbons (Fsp3) is 0.529. The minimum absolute atomic E-state index is 0.182. The molecule has 150 valence electrons. The van der Waals surface area contributed by atoms with Crippen LogP contribution in [0.2, 0.25) is 0 Å². The molecule has 0 spiro atoms. The normalized spacial score (nSPS) is 15.1. The Morgan fingerprint density at radius 1 is 1.11 bits per heavy atom. The standard InChI is InChI=1S/C17H19BrF3N7/c1-10-12(18)9-11(17(19,20)21)15-22-13(24-28(10)15)5-6-14-23-16(25-26(14)2)27-7-3-4-8-27/h9H,3-8H2,1-2H3. The fourth-order valence-corrected chi connectivity index (χ4v) is 3.77. The smallest absolute Gasteiger partial charge is 0.340 e. The average Bonchev–Trinajstić information content (AvgIpc) is 3.34. The zero-order chi connectivity index (χ0) is 20.1. The molecule has 0 aliphatic carbocycles. The third-order valence-electron chi connectivity index (χ3n) is 4.93. The van der Waals surface area contributed by atoms with Gasteiger partial charge in [0.25, 0.3) is 0 Å². The lowest BCUT2D eigenvalue weighted by Crippen LogP contribution is -2.19. The van der Waals surface area contributed by atoms with Crippen LogP contribution in [-0.2, 0) is 26.1 Å². The molecule has 7 nitrogen and oxygen atoms in total. The second-order valence-corrected chi connectivity index (χ2v) is 7.75. The summed E-state index contributed by atoms with van der Waals surface area (Å²) < 4.78 is 43.4. The van der Waals surface area contributed by atoms with Crippen LogP contribution < -0.4 is 4.90 Å². The van der Waals surface area contributed by atoms with E-state index < -0.39 is 11.7 Å². The van der Waals surface area contributed by atoms with Gasteiger partial charge in [-0.2, -0.15) is 23.3 Å². The Morgan fingerprint density at radius 2 is 1.82 bits per heavy atom. The van der Waals surface area contributed by atoms with Gasteiger partial charge in [-0.15, -0.1) is 5.10 Å². The Labute approximate surface area is 167 Å². The first-order valence-corrected chi connectivity index (χ1v) is 9.80. The molecule has 0 N–H and O–H groups in total. The highest BCUT2D eigenvalue weighted by Gasteiger charge is 2.35. The molecule has 0 amide bonds. The van der Waals surface area contributed by atoms with Crippen LogP contribution in [-0.4, -0.2) is 42.5 Å². The van der Waals surface area contributed by atoms with Crippen LogP contribution in [0.25, 0.3) is 5.65 Å². The summed E-state index contributed by atoms with van der Waals surface area (Å²) in [6.45, 7) is 3.60. The Hall–Kier alpha value is -2.17. The van der Waals surface area contributed by atoms with Gasteiger partial charge < -0.3 is 4.90 Å². The van der Waals surface area contributed by atoms with Crippen molar-refractivity contribution in [3.63, 3.8) is 0 Å². The Morgan fingerprint density at radius 3 is 2.50 bits per heavy atom. The van der Waals surface area contributed by atoms with E-state index in [1.54, 1.807) is 11.6 Å². The highest BCUT2D eigenvalue weighted by Crippen LogP contribution is 2.35. The fourth-order valence-electron chi connectivity index (χ4n) is 3.37.